The maximum absolute atomic E-state index is 12.8. The zero-order valence-electron chi connectivity index (χ0n) is 12.2. The summed E-state index contributed by atoms with van der Waals surface area (Å²) in [6.45, 7) is 0.310. The number of ether oxygens (including phenoxy) is 1. The smallest absolute Gasteiger partial charge is 0.326 e. The zero-order valence-corrected chi connectivity index (χ0v) is 12.2. The highest BCUT2D eigenvalue weighted by molar-refractivity contribution is 5.76. The third kappa shape index (κ3) is 5.10. The van der Waals surface area contributed by atoms with Crippen LogP contribution in [0.4, 0.5) is 4.39 Å². The molecule has 0 saturated heterocycles. The van der Waals surface area contributed by atoms with Crippen LogP contribution in [0, 0.1) is 5.82 Å². The molecule has 2 rings (SSSR count). The molecular formula is C17H16FNO4. The van der Waals surface area contributed by atoms with Crippen molar-refractivity contribution in [1.29, 1.82) is 0 Å². The molecule has 0 heterocycles. The van der Waals surface area contributed by atoms with Crippen molar-refractivity contribution in [3.8, 4) is 5.75 Å². The Hall–Kier alpha value is -2.89. The molecule has 1 amide bonds. The van der Waals surface area contributed by atoms with Crippen molar-refractivity contribution in [3.05, 3.63) is 65.5 Å². The highest BCUT2D eigenvalue weighted by atomic mass is 19.1. The van der Waals surface area contributed by atoms with Gasteiger partial charge < -0.3 is 15.2 Å². The standard InChI is InChI=1S/C17H16FNO4/c18-14-5-1-13(2-6-14)10-23-15-7-3-12(4-8-15)9-16(17(21)22)19-11-20/h1-8,11,16H,9-10H2,(H,19,20)(H,21,22). The van der Waals surface area contributed by atoms with Crippen LogP contribution in [0.1, 0.15) is 11.1 Å². The lowest BCUT2D eigenvalue weighted by Gasteiger charge is -2.12. The van der Waals surface area contributed by atoms with Gasteiger partial charge in [-0.2, -0.15) is 0 Å². The van der Waals surface area contributed by atoms with Crippen LogP contribution in [0.2, 0.25) is 0 Å². The first-order valence-electron chi connectivity index (χ1n) is 6.97. The van der Waals surface area contributed by atoms with E-state index in [2.05, 4.69) is 5.32 Å². The average Bonchev–Trinajstić information content (AvgIpc) is 2.55. The highest BCUT2D eigenvalue weighted by Crippen LogP contribution is 2.15. The van der Waals surface area contributed by atoms with E-state index in [-0.39, 0.29) is 12.2 Å². The number of carbonyl (C=O) groups is 2. The summed E-state index contributed by atoms with van der Waals surface area (Å²) in [5.41, 5.74) is 1.61. The summed E-state index contributed by atoms with van der Waals surface area (Å²) in [5.74, 6) is -0.767. The van der Waals surface area contributed by atoms with Gasteiger partial charge in [-0.3, -0.25) is 4.79 Å². The number of hydrogen-bond acceptors (Lipinski definition) is 3. The molecular weight excluding hydrogens is 301 g/mol. The summed E-state index contributed by atoms with van der Waals surface area (Å²) < 4.78 is 18.4. The lowest BCUT2D eigenvalue weighted by Crippen LogP contribution is -2.37. The Morgan fingerprint density at radius 1 is 1.13 bits per heavy atom. The third-order valence-corrected chi connectivity index (χ3v) is 3.25. The van der Waals surface area contributed by atoms with Gasteiger partial charge in [-0.05, 0) is 35.4 Å². The maximum atomic E-state index is 12.8. The molecule has 0 bridgehead atoms. The minimum Gasteiger partial charge on any atom is -0.489 e. The van der Waals surface area contributed by atoms with Gasteiger partial charge in [0.1, 0.15) is 24.2 Å². The fourth-order valence-electron chi connectivity index (χ4n) is 2.00. The van der Waals surface area contributed by atoms with E-state index >= 15 is 0 Å². The van der Waals surface area contributed by atoms with Crippen LogP contribution >= 0.6 is 0 Å². The second kappa shape index (κ2) is 7.93. The molecule has 2 aromatic carbocycles. The van der Waals surface area contributed by atoms with Crippen molar-refractivity contribution in [3.63, 3.8) is 0 Å². The number of rotatable bonds is 8. The monoisotopic (exact) mass is 317 g/mol. The number of amides is 1. The normalized spacial score (nSPS) is 11.5. The maximum Gasteiger partial charge on any atom is 0.326 e. The van der Waals surface area contributed by atoms with E-state index in [1.165, 1.54) is 12.1 Å². The average molecular weight is 317 g/mol. The fourth-order valence-corrected chi connectivity index (χ4v) is 2.00. The van der Waals surface area contributed by atoms with E-state index in [4.69, 9.17) is 9.84 Å². The van der Waals surface area contributed by atoms with Gasteiger partial charge in [-0.15, -0.1) is 0 Å². The summed E-state index contributed by atoms with van der Waals surface area (Å²) in [6.07, 6.45) is 0.561. The number of carboxylic acid groups (broad SMARTS) is 1. The molecule has 23 heavy (non-hydrogen) atoms. The molecule has 2 N–H and O–H groups in total. The molecule has 0 aromatic heterocycles. The van der Waals surface area contributed by atoms with Gasteiger partial charge >= 0.3 is 5.97 Å². The summed E-state index contributed by atoms with van der Waals surface area (Å²) >= 11 is 0. The molecule has 0 aliphatic carbocycles. The Morgan fingerprint density at radius 3 is 2.30 bits per heavy atom. The number of aliphatic carboxylic acids is 1. The van der Waals surface area contributed by atoms with E-state index in [1.807, 2.05) is 0 Å². The predicted octanol–water partition coefficient (Wildman–Crippen LogP) is 2.15. The number of benzene rings is 2. The van der Waals surface area contributed by atoms with E-state index in [1.54, 1.807) is 36.4 Å². The molecule has 5 nitrogen and oxygen atoms in total. The second-order valence-corrected chi connectivity index (χ2v) is 4.94. The second-order valence-electron chi connectivity index (χ2n) is 4.94. The Balaban J connectivity index is 1.92. The highest BCUT2D eigenvalue weighted by Gasteiger charge is 2.16. The molecule has 1 atom stereocenters. The number of halogens is 1. The zero-order chi connectivity index (χ0) is 16.7. The quantitative estimate of drug-likeness (QED) is 0.732. The molecule has 0 saturated carbocycles. The first kappa shape index (κ1) is 16.5. The van der Waals surface area contributed by atoms with E-state index in [0.717, 1.165) is 11.1 Å². The van der Waals surface area contributed by atoms with Crippen LogP contribution in [0.5, 0.6) is 5.75 Å². The minimum absolute atomic E-state index is 0.187. The van der Waals surface area contributed by atoms with Crippen molar-refractivity contribution in [2.75, 3.05) is 0 Å². The molecule has 1 unspecified atom stereocenters. The first-order valence-corrected chi connectivity index (χ1v) is 6.97. The van der Waals surface area contributed by atoms with Crippen molar-refractivity contribution < 1.29 is 23.8 Å². The molecule has 0 aliphatic heterocycles. The largest absolute Gasteiger partial charge is 0.489 e. The van der Waals surface area contributed by atoms with Crippen LogP contribution < -0.4 is 10.1 Å². The number of carboxylic acids is 1. The number of nitrogens with one attached hydrogen (secondary N) is 1. The molecule has 0 aliphatic rings. The Kier molecular flexibility index (Phi) is 5.68. The van der Waals surface area contributed by atoms with Crippen LogP contribution in [0.3, 0.4) is 0 Å². The SMILES string of the molecule is O=CNC(Cc1ccc(OCc2ccc(F)cc2)cc1)C(=O)O. The van der Waals surface area contributed by atoms with Gasteiger partial charge in [0.2, 0.25) is 6.41 Å². The van der Waals surface area contributed by atoms with Gasteiger partial charge in [0.05, 0.1) is 0 Å². The van der Waals surface area contributed by atoms with E-state index in [0.29, 0.717) is 18.8 Å². The Labute approximate surface area is 132 Å². The molecule has 0 radical (unpaired) electrons. The number of hydrogen-bond donors (Lipinski definition) is 2. The van der Waals surface area contributed by atoms with Crippen molar-refractivity contribution in [2.24, 2.45) is 0 Å². The van der Waals surface area contributed by atoms with Crippen molar-refractivity contribution >= 4 is 12.4 Å². The van der Waals surface area contributed by atoms with Gasteiger partial charge in [-0.25, -0.2) is 9.18 Å². The topological polar surface area (TPSA) is 75.6 Å². The van der Waals surface area contributed by atoms with Gasteiger partial charge in [0, 0.05) is 6.42 Å². The van der Waals surface area contributed by atoms with Crippen LogP contribution in [0.15, 0.2) is 48.5 Å². The van der Waals surface area contributed by atoms with Crippen LogP contribution in [-0.2, 0) is 22.6 Å². The third-order valence-electron chi connectivity index (χ3n) is 3.25. The van der Waals surface area contributed by atoms with Crippen LogP contribution in [0.25, 0.3) is 0 Å². The molecule has 0 fully saturated rings. The van der Waals surface area contributed by atoms with Crippen molar-refractivity contribution in [1.82, 2.24) is 5.32 Å². The molecule has 120 valence electrons. The Morgan fingerprint density at radius 2 is 1.74 bits per heavy atom. The number of carbonyl (C=O) groups excluding carboxylic acids is 1. The van der Waals surface area contributed by atoms with Crippen molar-refractivity contribution in [2.45, 2.75) is 19.1 Å². The van der Waals surface area contributed by atoms with Gasteiger partial charge in [-0.1, -0.05) is 24.3 Å². The molecule has 2 aromatic rings. The summed E-state index contributed by atoms with van der Waals surface area (Å²) in [6, 6.07) is 12.0. The lowest BCUT2D eigenvalue weighted by molar-refractivity contribution is -0.140. The molecule has 6 heteroatoms. The summed E-state index contributed by atoms with van der Waals surface area (Å²) in [7, 11) is 0. The summed E-state index contributed by atoms with van der Waals surface area (Å²) in [4.78, 5) is 21.4. The molecule has 0 spiro atoms. The van der Waals surface area contributed by atoms with Gasteiger partial charge in [0.25, 0.3) is 0 Å². The first-order chi connectivity index (χ1) is 11.1. The predicted molar refractivity (Wildman–Crippen MR) is 81.5 cm³/mol. The Bertz CT molecular complexity index is 655. The summed E-state index contributed by atoms with van der Waals surface area (Å²) in [5, 5.41) is 11.2. The van der Waals surface area contributed by atoms with Crippen LogP contribution in [-0.4, -0.2) is 23.5 Å². The van der Waals surface area contributed by atoms with E-state index < -0.39 is 12.0 Å². The lowest BCUT2D eigenvalue weighted by atomic mass is 10.1. The van der Waals surface area contributed by atoms with Gasteiger partial charge in [0.15, 0.2) is 0 Å². The van der Waals surface area contributed by atoms with E-state index in [9.17, 15) is 14.0 Å². The minimum atomic E-state index is -1.09. The fraction of sp³-hybridized carbons (Fsp3) is 0.176.